The Morgan fingerprint density at radius 1 is 1.07 bits per heavy atom. The highest BCUT2D eigenvalue weighted by Gasteiger charge is 2.17. The Hall–Kier alpha value is -3.36. The molecule has 0 saturated heterocycles. The van der Waals surface area contributed by atoms with Crippen LogP contribution in [0.3, 0.4) is 0 Å². The van der Waals surface area contributed by atoms with Crippen molar-refractivity contribution in [3.05, 3.63) is 72.9 Å². The highest BCUT2D eigenvalue weighted by molar-refractivity contribution is 8.00. The molecule has 7 nitrogen and oxygen atoms in total. The molecule has 4 aromatic rings. The van der Waals surface area contributed by atoms with Gasteiger partial charge in [-0.15, -0.1) is 0 Å². The topological polar surface area (TPSA) is 90.9 Å². The Kier molecular flexibility index (Phi) is 5.73. The number of nitrogen functional groups attached to an aromatic ring is 1. The number of ether oxygens (including phenoxy) is 1. The van der Waals surface area contributed by atoms with Gasteiger partial charge in [-0.25, -0.2) is 14.6 Å². The van der Waals surface area contributed by atoms with E-state index in [1.807, 2.05) is 59.3 Å². The molecular formula is C21H20N6OS. The van der Waals surface area contributed by atoms with Crippen LogP contribution in [0.4, 0.5) is 5.82 Å². The summed E-state index contributed by atoms with van der Waals surface area (Å²) in [6.07, 6.45) is 1.46. The van der Waals surface area contributed by atoms with Gasteiger partial charge in [0.15, 0.2) is 5.65 Å². The minimum absolute atomic E-state index is 0.411. The van der Waals surface area contributed by atoms with Gasteiger partial charge in [-0.2, -0.15) is 5.10 Å². The number of nitrogens with one attached hydrogen (secondary N) is 1. The first-order valence-electron chi connectivity index (χ1n) is 9.06. The van der Waals surface area contributed by atoms with Crippen molar-refractivity contribution in [3.63, 3.8) is 0 Å². The van der Waals surface area contributed by atoms with Crippen molar-refractivity contribution in [1.82, 2.24) is 24.5 Å². The molecule has 29 heavy (non-hydrogen) atoms. The van der Waals surface area contributed by atoms with E-state index in [4.69, 9.17) is 15.6 Å². The van der Waals surface area contributed by atoms with Crippen LogP contribution < -0.4 is 15.2 Å². The van der Waals surface area contributed by atoms with Crippen LogP contribution in [0.1, 0.15) is 0 Å². The van der Waals surface area contributed by atoms with Crippen LogP contribution in [0.2, 0.25) is 0 Å². The van der Waals surface area contributed by atoms with Crippen LogP contribution in [0.5, 0.6) is 11.5 Å². The number of para-hydroxylation sites is 1. The smallest absolute Gasteiger partial charge is 0.164 e. The second kappa shape index (κ2) is 8.76. The van der Waals surface area contributed by atoms with E-state index >= 15 is 0 Å². The van der Waals surface area contributed by atoms with Gasteiger partial charge in [-0.3, -0.25) is 4.72 Å². The Bertz CT molecular complexity index is 1110. The predicted molar refractivity (Wildman–Crippen MR) is 117 cm³/mol. The zero-order valence-corrected chi connectivity index (χ0v) is 16.5. The Balaban J connectivity index is 1.63. The lowest BCUT2D eigenvalue weighted by Gasteiger charge is -2.06. The lowest BCUT2D eigenvalue weighted by Crippen LogP contribution is -2.14. The summed E-state index contributed by atoms with van der Waals surface area (Å²) in [5, 5.41) is 7.24. The molecule has 0 aliphatic heterocycles. The average Bonchev–Trinajstić information content (AvgIpc) is 3.13. The van der Waals surface area contributed by atoms with Crippen LogP contribution in [-0.2, 0) is 6.54 Å². The molecule has 0 aliphatic rings. The summed E-state index contributed by atoms with van der Waals surface area (Å²) < 4.78 is 10.9. The van der Waals surface area contributed by atoms with Crippen LogP contribution in [0.15, 0.2) is 72.9 Å². The zero-order chi connectivity index (χ0) is 20.1. The van der Waals surface area contributed by atoms with Crippen molar-refractivity contribution in [2.24, 2.45) is 0 Å². The molecule has 3 N–H and O–H groups in total. The molecule has 0 spiro atoms. The summed E-state index contributed by atoms with van der Waals surface area (Å²) in [5.74, 6) is 1.95. The number of nitrogens with zero attached hydrogens (tertiary/aromatic N) is 4. The highest BCUT2D eigenvalue weighted by Crippen LogP contribution is 2.31. The number of benzene rings is 2. The minimum Gasteiger partial charge on any atom is -0.457 e. The summed E-state index contributed by atoms with van der Waals surface area (Å²) >= 11 is 1.44. The van der Waals surface area contributed by atoms with E-state index in [0.29, 0.717) is 24.6 Å². The zero-order valence-electron chi connectivity index (χ0n) is 15.7. The van der Waals surface area contributed by atoms with Crippen molar-refractivity contribution in [2.45, 2.75) is 6.54 Å². The molecule has 146 valence electrons. The molecular weight excluding hydrogens is 384 g/mol. The van der Waals surface area contributed by atoms with Gasteiger partial charge in [0.1, 0.15) is 29.3 Å². The summed E-state index contributed by atoms with van der Waals surface area (Å²) in [7, 11) is 0. The van der Waals surface area contributed by atoms with Gasteiger partial charge in [0.25, 0.3) is 0 Å². The molecule has 0 atom stereocenters. The molecule has 0 bridgehead atoms. The molecule has 2 aromatic carbocycles. The SMILES string of the molecule is C=CSNCCn1nc(-c2ccc(Oc3ccccc3)cc2)c2c(N)ncnc21. The second-order valence-corrected chi connectivity index (χ2v) is 7.01. The largest absolute Gasteiger partial charge is 0.457 e. The van der Waals surface area contributed by atoms with Crippen molar-refractivity contribution in [1.29, 1.82) is 0 Å². The van der Waals surface area contributed by atoms with Gasteiger partial charge < -0.3 is 10.5 Å². The molecule has 0 aliphatic carbocycles. The number of fused-ring (bicyclic) bond motifs is 1. The Morgan fingerprint density at radius 2 is 1.83 bits per heavy atom. The maximum absolute atomic E-state index is 6.15. The van der Waals surface area contributed by atoms with Crippen molar-refractivity contribution >= 4 is 28.8 Å². The molecule has 0 fully saturated rings. The maximum Gasteiger partial charge on any atom is 0.164 e. The molecule has 0 radical (unpaired) electrons. The summed E-state index contributed by atoms with van der Waals surface area (Å²) in [5.41, 5.74) is 8.54. The third kappa shape index (κ3) is 4.23. The standard InChI is InChI=1S/C21H20N6OS/c1-2-29-25-12-13-27-21-18(20(22)23-14-24-21)19(26-27)15-8-10-17(11-9-15)28-16-6-4-3-5-7-16/h2-11,14,25H,1,12-13H2,(H2,22,23,24). The Labute approximate surface area is 172 Å². The molecule has 4 rings (SSSR count). The van der Waals surface area contributed by atoms with Gasteiger partial charge >= 0.3 is 0 Å². The van der Waals surface area contributed by atoms with Gasteiger partial charge in [0, 0.05) is 12.1 Å². The lowest BCUT2D eigenvalue weighted by molar-refractivity contribution is 0.483. The van der Waals surface area contributed by atoms with Crippen molar-refractivity contribution in [3.8, 4) is 22.8 Å². The van der Waals surface area contributed by atoms with E-state index < -0.39 is 0 Å². The normalized spacial score (nSPS) is 10.9. The number of hydrogen-bond donors (Lipinski definition) is 2. The quantitative estimate of drug-likeness (QED) is 0.335. The first kappa shape index (κ1) is 19.0. The highest BCUT2D eigenvalue weighted by atomic mass is 32.2. The third-order valence-electron chi connectivity index (χ3n) is 4.26. The van der Waals surface area contributed by atoms with Gasteiger partial charge in [-0.05, 0) is 41.8 Å². The minimum atomic E-state index is 0.411. The number of aromatic nitrogens is 4. The summed E-state index contributed by atoms with van der Waals surface area (Å²) in [6.45, 7) is 5.03. The molecule has 2 heterocycles. The molecule has 0 amide bonds. The van der Waals surface area contributed by atoms with E-state index in [-0.39, 0.29) is 0 Å². The number of nitrogens with two attached hydrogens (primary N) is 1. The first-order valence-corrected chi connectivity index (χ1v) is 9.94. The third-order valence-corrected chi connectivity index (χ3v) is 4.80. The van der Waals surface area contributed by atoms with E-state index in [0.717, 1.165) is 28.1 Å². The number of hydrogen-bond acceptors (Lipinski definition) is 7. The molecule has 2 aromatic heterocycles. The second-order valence-electron chi connectivity index (χ2n) is 6.15. The summed E-state index contributed by atoms with van der Waals surface area (Å²) in [6, 6.07) is 17.4. The lowest BCUT2D eigenvalue weighted by atomic mass is 10.1. The van der Waals surface area contributed by atoms with E-state index in [1.54, 1.807) is 5.41 Å². The summed E-state index contributed by atoms with van der Waals surface area (Å²) in [4.78, 5) is 8.54. The molecule has 0 saturated carbocycles. The van der Waals surface area contributed by atoms with Gasteiger partial charge in [0.2, 0.25) is 0 Å². The average molecular weight is 404 g/mol. The van der Waals surface area contributed by atoms with Gasteiger partial charge in [0.05, 0.1) is 11.9 Å². The number of rotatable bonds is 8. The fraction of sp³-hybridized carbons (Fsp3) is 0.0952. The first-order chi connectivity index (χ1) is 14.3. The molecule has 0 unspecified atom stereocenters. The molecule has 8 heteroatoms. The van der Waals surface area contributed by atoms with Crippen LogP contribution in [0, 0.1) is 0 Å². The van der Waals surface area contributed by atoms with Crippen molar-refractivity contribution in [2.75, 3.05) is 12.3 Å². The Morgan fingerprint density at radius 3 is 2.59 bits per heavy atom. The fourth-order valence-electron chi connectivity index (χ4n) is 2.96. The fourth-order valence-corrected chi connectivity index (χ4v) is 3.29. The predicted octanol–water partition coefficient (Wildman–Crippen LogP) is 4.25. The van der Waals surface area contributed by atoms with Crippen molar-refractivity contribution < 1.29 is 4.74 Å². The van der Waals surface area contributed by atoms with E-state index in [1.165, 1.54) is 18.3 Å². The van der Waals surface area contributed by atoms with Crippen LogP contribution >= 0.6 is 11.9 Å². The van der Waals surface area contributed by atoms with E-state index in [2.05, 4.69) is 21.3 Å². The van der Waals surface area contributed by atoms with E-state index in [9.17, 15) is 0 Å². The monoisotopic (exact) mass is 404 g/mol. The van der Waals surface area contributed by atoms with Crippen LogP contribution in [-0.4, -0.2) is 26.3 Å². The maximum atomic E-state index is 6.15. The number of anilines is 1. The van der Waals surface area contributed by atoms with Crippen LogP contribution in [0.25, 0.3) is 22.3 Å². The van der Waals surface area contributed by atoms with Gasteiger partial charge in [-0.1, -0.05) is 36.7 Å².